The Balaban J connectivity index is 2.70. The van der Waals surface area contributed by atoms with E-state index >= 15 is 0 Å². The third-order valence-corrected chi connectivity index (χ3v) is 4.06. The Morgan fingerprint density at radius 1 is 1.41 bits per heavy atom. The molecule has 1 aromatic carbocycles. The van der Waals surface area contributed by atoms with Gasteiger partial charge in [0.25, 0.3) is 0 Å². The summed E-state index contributed by atoms with van der Waals surface area (Å²) in [6.07, 6.45) is 5.43. The zero-order valence-electron chi connectivity index (χ0n) is 16.0. The van der Waals surface area contributed by atoms with E-state index in [2.05, 4.69) is 15.4 Å². The average molecular weight is 399 g/mol. The summed E-state index contributed by atoms with van der Waals surface area (Å²) < 4.78 is 9.62. The molecule has 0 aliphatic carbocycles. The van der Waals surface area contributed by atoms with Gasteiger partial charge in [-0.15, -0.1) is 0 Å². The molecule has 0 spiro atoms. The predicted octanol–water partition coefficient (Wildman–Crippen LogP) is 3.21. The highest BCUT2D eigenvalue weighted by Crippen LogP contribution is 2.34. The Morgan fingerprint density at radius 3 is 2.70 bits per heavy atom. The van der Waals surface area contributed by atoms with Crippen LogP contribution < -0.4 is 15.4 Å². The molecule has 1 rings (SSSR count). The monoisotopic (exact) mass is 398 g/mol. The molecular weight excluding hydrogens is 372 g/mol. The fraction of sp³-hybridized carbons (Fsp3) is 0.421. The van der Waals surface area contributed by atoms with Gasteiger partial charge in [-0.3, -0.25) is 5.32 Å². The van der Waals surface area contributed by atoms with Crippen molar-refractivity contribution in [2.75, 3.05) is 26.3 Å². The standard InChI is InChI=1S/C19H27ClN2O5/c1-13(7-5-6-8-19(2,25)22-18(24)27-12-23)9-14-10-15(21-3)17(20)16(11-14)26-4/h5-7,10-11,21,23,25H,8-9,12H2,1-4H3,(H,22,24)/b6-5+,13-7+/t19-/m0/s1. The summed E-state index contributed by atoms with van der Waals surface area (Å²) >= 11 is 6.23. The van der Waals surface area contributed by atoms with Crippen molar-refractivity contribution >= 4 is 23.4 Å². The van der Waals surface area contributed by atoms with E-state index in [1.807, 2.05) is 25.1 Å². The number of rotatable bonds is 9. The SMILES string of the molecule is CNc1cc(C/C(C)=C/C=C/C[C@](C)(O)NC(=O)OCO)cc(OC)c1Cl. The van der Waals surface area contributed by atoms with E-state index in [9.17, 15) is 9.90 Å². The van der Waals surface area contributed by atoms with Gasteiger partial charge in [-0.05, 0) is 38.0 Å². The average Bonchev–Trinajstić information content (AvgIpc) is 2.59. The quantitative estimate of drug-likeness (QED) is 0.376. The lowest BCUT2D eigenvalue weighted by Gasteiger charge is -2.22. The van der Waals surface area contributed by atoms with Gasteiger partial charge in [0.1, 0.15) is 16.5 Å². The first-order valence-electron chi connectivity index (χ1n) is 8.37. The number of amides is 1. The summed E-state index contributed by atoms with van der Waals surface area (Å²) in [7, 11) is 3.37. The van der Waals surface area contributed by atoms with Crippen LogP contribution in [-0.2, 0) is 11.2 Å². The molecular formula is C19H27ClN2O5. The highest BCUT2D eigenvalue weighted by atomic mass is 35.5. The first kappa shape index (κ1) is 22.8. The van der Waals surface area contributed by atoms with Crippen molar-refractivity contribution in [2.24, 2.45) is 0 Å². The number of allylic oxidation sites excluding steroid dienone is 3. The number of ether oxygens (including phenoxy) is 2. The minimum atomic E-state index is -1.48. The lowest BCUT2D eigenvalue weighted by Crippen LogP contribution is -2.45. The van der Waals surface area contributed by atoms with Crippen molar-refractivity contribution in [1.82, 2.24) is 5.32 Å². The molecule has 0 saturated heterocycles. The third-order valence-electron chi connectivity index (χ3n) is 3.67. The van der Waals surface area contributed by atoms with Gasteiger partial charge in [0.2, 0.25) is 0 Å². The molecule has 0 heterocycles. The number of halogens is 1. The molecule has 0 unspecified atom stereocenters. The van der Waals surface area contributed by atoms with Crippen molar-refractivity contribution in [1.29, 1.82) is 0 Å². The van der Waals surface area contributed by atoms with Crippen molar-refractivity contribution in [3.8, 4) is 5.75 Å². The number of aliphatic hydroxyl groups is 2. The summed E-state index contributed by atoms with van der Waals surface area (Å²) in [5, 5.41) is 24.4. The van der Waals surface area contributed by atoms with Crippen LogP contribution in [0.1, 0.15) is 25.8 Å². The maximum Gasteiger partial charge on any atom is 0.411 e. The molecule has 0 aliphatic rings. The van der Waals surface area contributed by atoms with Crippen LogP contribution in [0.15, 0.2) is 35.9 Å². The Bertz CT molecular complexity index is 676. The Labute approximate surface area is 164 Å². The largest absolute Gasteiger partial charge is 0.495 e. The molecule has 1 amide bonds. The van der Waals surface area contributed by atoms with E-state index in [0.29, 0.717) is 17.2 Å². The van der Waals surface area contributed by atoms with Gasteiger partial charge in [0, 0.05) is 13.5 Å². The molecule has 1 atom stereocenters. The van der Waals surface area contributed by atoms with Crippen LogP contribution in [0.2, 0.25) is 5.02 Å². The van der Waals surface area contributed by atoms with Crippen LogP contribution in [0, 0.1) is 0 Å². The maximum atomic E-state index is 11.2. The number of nitrogens with one attached hydrogen (secondary N) is 2. The third kappa shape index (κ3) is 7.90. The normalized spacial score (nSPS) is 14.0. The molecule has 0 bridgehead atoms. The number of carbonyl (C=O) groups excluding carboxylic acids is 1. The summed E-state index contributed by atoms with van der Waals surface area (Å²) in [6.45, 7) is 2.68. The van der Waals surface area contributed by atoms with E-state index in [1.54, 1.807) is 26.3 Å². The maximum absolute atomic E-state index is 11.2. The molecule has 0 saturated carbocycles. The highest BCUT2D eigenvalue weighted by molar-refractivity contribution is 6.34. The minimum Gasteiger partial charge on any atom is -0.495 e. The van der Waals surface area contributed by atoms with E-state index in [0.717, 1.165) is 16.8 Å². The van der Waals surface area contributed by atoms with Gasteiger partial charge < -0.3 is 25.0 Å². The topological polar surface area (TPSA) is 100 Å². The van der Waals surface area contributed by atoms with Crippen LogP contribution in [-0.4, -0.2) is 43.0 Å². The molecule has 27 heavy (non-hydrogen) atoms. The molecule has 1 aromatic rings. The van der Waals surface area contributed by atoms with Crippen molar-refractivity contribution < 1.29 is 24.5 Å². The number of carbonyl (C=O) groups is 1. The van der Waals surface area contributed by atoms with Crippen molar-refractivity contribution in [2.45, 2.75) is 32.4 Å². The number of benzene rings is 1. The summed E-state index contributed by atoms with van der Waals surface area (Å²) in [4.78, 5) is 11.2. The van der Waals surface area contributed by atoms with Gasteiger partial charge >= 0.3 is 6.09 Å². The molecule has 0 radical (unpaired) electrons. The van der Waals surface area contributed by atoms with Crippen LogP contribution >= 0.6 is 11.6 Å². The molecule has 0 fully saturated rings. The molecule has 0 aromatic heterocycles. The second-order valence-electron chi connectivity index (χ2n) is 6.19. The zero-order chi connectivity index (χ0) is 20.4. The number of aliphatic hydroxyl groups excluding tert-OH is 1. The first-order chi connectivity index (χ1) is 12.7. The van der Waals surface area contributed by atoms with E-state index in [-0.39, 0.29) is 6.42 Å². The van der Waals surface area contributed by atoms with Crippen LogP contribution in [0.5, 0.6) is 5.75 Å². The second-order valence-corrected chi connectivity index (χ2v) is 6.57. The van der Waals surface area contributed by atoms with E-state index < -0.39 is 18.6 Å². The van der Waals surface area contributed by atoms with Gasteiger partial charge in [-0.25, -0.2) is 4.79 Å². The molecule has 0 aliphatic heterocycles. The number of hydrogen-bond donors (Lipinski definition) is 4. The molecule has 150 valence electrons. The fourth-order valence-corrected chi connectivity index (χ4v) is 2.64. The molecule has 7 nitrogen and oxygen atoms in total. The number of alkyl carbamates (subject to hydrolysis) is 1. The van der Waals surface area contributed by atoms with E-state index in [1.165, 1.54) is 6.92 Å². The first-order valence-corrected chi connectivity index (χ1v) is 8.75. The Morgan fingerprint density at radius 2 is 2.11 bits per heavy atom. The van der Waals surface area contributed by atoms with E-state index in [4.69, 9.17) is 21.4 Å². The predicted molar refractivity (Wildman–Crippen MR) is 106 cm³/mol. The highest BCUT2D eigenvalue weighted by Gasteiger charge is 2.21. The summed E-state index contributed by atoms with van der Waals surface area (Å²) in [5.74, 6) is 0.610. The van der Waals surface area contributed by atoms with Crippen molar-refractivity contribution in [3.63, 3.8) is 0 Å². The lowest BCUT2D eigenvalue weighted by atomic mass is 10.0. The second kappa shape index (κ2) is 10.8. The van der Waals surface area contributed by atoms with Crippen LogP contribution in [0.25, 0.3) is 0 Å². The number of methoxy groups -OCH3 is 1. The minimum absolute atomic E-state index is 0.177. The summed E-state index contributed by atoms with van der Waals surface area (Å²) in [5.41, 5.74) is 1.45. The Hall–Kier alpha value is -2.22. The van der Waals surface area contributed by atoms with Gasteiger partial charge in [-0.1, -0.05) is 35.4 Å². The van der Waals surface area contributed by atoms with Crippen LogP contribution in [0.3, 0.4) is 0 Å². The van der Waals surface area contributed by atoms with Crippen LogP contribution in [0.4, 0.5) is 10.5 Å². The Kier molecular flexibility index (Phi) is 9.14. The van der Waals surface area contributed by atoms with Gasteiger partial charge in [0.05, 0.1) is 12.8 Å². The number of hydrogen-bond acceptors (Lipinski definition) is 6. The molecule has 4 N–H and O–H groups in total. The number of anilines is 1. The van der Waals surface area contributed by atoms with Crippen molar-refractivity contribution in [3.05, 3.63) is 46.5 Å². The lowest BCUT2D eigenvalue weighted by molar-refractivity contribution is -0.000199. The fourth-order valence-electron chi connectivity index (χ4n) is 2.36. The molecule has 8 heteroatoms. The summed E-state index contributed by atoms with van der Waals surface area (Å²) in [6, 6.07) is 3.86. The zero-order valence-corrected chi connectivity index (χ0v) is 16.8. The van der Waals surface area contributed by atoms with Gasteiger partial charge in [-0.2, -0.15) is 0 Å². The smallest absolute Gasteiger partial charge is 0.411 e. The van der Waals surface area contributed by atoms with Gasteiger partial charge in [0.15, 0.2) is 6.79 Å².